The first-order valence-corrected chi connectivity index (χ1v) is 12.9. The number of ether oxygens (including phenoxy) is 1. The molecule has 1 unspecified atom stereocenters. The predicted molar refractivity (Wildman–Crippen MR) is 128 cm³/mol. The van der Waals surface area contributed by atoms with Crippen molar-refractivity contribution < 1.29 is 17.9 Å². The van der Waals surface area contributed by atoms with Crippen molar-refractivity contribution in [3.05, 3.63) is 52.8 Å². The Hall–Kier alpha value is -2.93. The van der Waals surface area contributed by atoms with Crippen LogP contribution in [-0.4, -0.2) is 43.4 Å². The fourth-order valence-corrected chi connectivity index (χ4v) is 6.61. The first-order valence-electron chi connectivity index (χ1n) is 10.6. The minimum Gasteiger partial charge on any atom is -0.497 e. The van der Waals surface area contributed by atoms with Crippen LogP contribution in [0.5, 0.6) is 5.75 Å². The highest BCUT2D eigenvalue weighted by Crippen LogP contribution is 2.26. The van der Waals surface area contributed by atoms with Crippen LogP contribution < -0.4 is 9.54 Å². The van der Waals surface area contributed by atoms with Crippen molar-refractivity contribution in [3.63, 3.8) is 0 Å². The molecule has 1 aromatic heterocycles. The third-order valence-corrected chi connectivity index (χ3v) is 8.64. The Balaban J connectivity index is 1.61. The Labute approximate surface area is 197 Å². The third kappa shape index (κ3) is 4.74. The summed E-state index contributed by atoms with van der Waals surface area (Å²) in [6, 6.07) is 12.3. The number of benzene rings is 2. The highest BCUT2D eigenvalue weighted by molar-refractivity contribution is 7.89. The van der Waals surface area contributed by atoms with Crippen molar-refractivity contribution in [1.82, 2.24) is 8.87 Å². The number of fused-ring (bicyclic) bond motifs is 1. The molecule has 1 saturated heterocycles. The number of aromatic nitrogens is 1. The molecule has 0 radical (unpaired) electrons. The first-order chi connectivity index (χ1) is 15.8. The van der Waals surface area contributed by atoms with Crippen LogP contribution in [0.15, 0.2) is 52.4 Å². The Morgan fingerprint density at radius 2 is 2.03 bits per heavy atom. The molecular weight excluding hydrogens is 458 g/mol. The largest absolute Gasteiger partial charge is 0.497 e. The number of piperidine rings is 1. The van der Waals surface area contributed by atoms with Crippen molar-refractivity contribution in [1.29, 1.82) is 0 Å². The van der Waals surface area contributed by atoms with Gasteiger partial charge in [-0.2, -0.15) is 9.30 Å². The Morgan fingerprint density at radius 3 is 2.73 bits per heavy atom. The standard InChI is InChI=1S/C24H25N3O4S2/c1-4-13-27-21-12-7-17(2)15-22(21)32-24(27)25-23(28)18-6-5-14-26(16-18)33(29,30)20-10-8-19(31-3)9-11-20/h1,7-12,15,18H,5-6,13-14,16H2,2-3H3. The second-order valence-electron chi connectivity index (χ2n) is 7.97. The van der Waals surface area contributed by atoms with Gasteiger partial charge >= 0.3 is 0 Å². The summed E-state index contributed by atoms with van der Waals surface area (Å²) in [7, 11) is -2.19. The van der Waals surface area contributed by atoms with E-state index in [1.54, 1.807) is 12.1 Å². The molecule has 0 bridgehead atoms. The molecular formula is C24H25N3O4S2. The van der Waals surface area contributed by atoms with Gasteiger partial charge in [0.05, 0.1) is 34.7 Å². The molecule has 1 amide bonds. The Bertz CT molecular complexity index is 1400. The van der Waals surface area contributed by atoms with Crippen LogP contribution in [0.1, 0.15) is 18.4 Å². The molecule has 4 rings (SSSR count). The minimum absolute atomic E-state index is 0.107. The number of nitrogens with zero attached hydrogens (tertiary/aromatic N) is 3. The van der Waals surface area contributed by atoms with E-state index < -0.39 is 15.9 Å². The second kappa shape index (κ2) is 9.51. The fraction of sp³-hybridized carbons (Fsp3) is 0.333. The van der Waals surface area contributed by atoms with Crippen LogP contribution in [-0.2, 0) is 21.4 Å². The number of carbonyl (C=O) groups excluding carboxylic acids is 1. The summed E-state index contributed by atoms with van der Waals surface area (Å²) in [4.78, 5) is 18.2. The van der Waals surface area contributed by atoms with Crippen molar-refractivity contribution in [3.8, 4) is 18.1 Å². The number of sulfonamides is 1. The molecule has 0 N–H and O–H groups in total. The van der Waals surface area contributed by atoms with Crippen LogP contribution in [0.2, 0.25) is 0 Å². The van der Waals surface area contributed by atoms with Gasteiger partial charge in [-0.1, -0.05) is 23.3 Å². The van der Waals surface area contributed by atoms with E-state index in [9.17, 15) is 13.2 Å². The number of hydrogen-bond donors (Lipinski definition) is 0. The monoisotopic (exact) mass is 483 g/mol. The second-order valence-corrected chi connectivity index (χ2v) is 10.9. The van der Waals surface area contributed by atoms with Gasteiger partial charge in [0.1, 0.15) is 5.75 Å². The minimum atomic E-state index is -3.71. The molecule has 2 heterocycles. The molecule has 172 valence electrons. The molecule has 9 heteroatoms. The van der Waals surface area contributed by atoms with Gasteiger partial charge in [-0.05, 0) is 61.7 Å². The number of carbonyl (C=O) groups is 1. The van der Waals surface area contributed by atoms with Crippen molar-refractivity contribution >= 4 is 37.5 Å². The first kappa shape index (κ1) is 23.2. The SMILES string of the molecule is C#CCn1c(=NC(=O)C2CCCN(S(=O)(=O)c3ccc(OC)cc3)C2)sc2cc(C)ccc21. The molecule has 0 saturated carbocycles. The highest BCUT2D eigenvalue weighted by Gasteiger charge is 2.33. The van der Waals surface area contributed by atoms with E-state index in [2.05, 4.69) is 10.9 Å². The van der Waals surface area contributed by atoms with Crippen LogP contribution >= 0.6 is 11.3 Å². The van der Waals surface area contributed by atoms with E-state index in [4.69, 9.17) is 11.2 Å². The Kier molecular flexibility index (Phi) is 6.70. The number of methoxy groups -OCH3 is 1. The molecule has 0 spiro atoms. The number of aryl methyl sites for hydroxylation is 1. The molecule has 7 nitrogen and oxygen atoms in total. The summed E-state index contributed by atoms with van der Waals surface area (Å²) in [5, 5.41) is 0. The maximum absolute atomic E-state index is 13.1. The third-order valence-electron chi connectivity index (χ3n) is 5.72. The lowest BCUT2D eigenvalue weighted by Gasteiger charge is -2.30. The smallest absolute Gasteiger partial charge is 0.252 e. The maximum atomic E-state index is 13.1. The van der Waals surface area contributed by atoms with E-state index in [-0.39, 0.29) is 17.3 Å². The number of thiazole rings is 1. The zero-order valence-corrected chi connectivity index (χ0v) is 20.2. The number of terminal acetylenes is 1. The predicted octanol–water partition coefficient (Wildman–Crippen LogP) is 3.18. The van der Waals surface area contributed by atoms with Gasteiger partial charge in [0, 0.05) is 13.1 Å². The van der Waals surface area contributed by atoms with E-state index in [0.717, 1.165) is 15.8 Å². The van der Waals surface area contributed by atoms with Crippen molar-refractivity contribution in [2.45, 2.75) is 31.2 Å². The summed E-state index contributed by atoms with van der Waals surface area (Å²) in [6.07, 6.45) is 6.74. The van der Waals surface area contributed by atoms with Crippen LogP contribution in [0, 0.1) is 25.2 Å². The van der Waals surface area contributed by atoms with Gasteiger partial charge < -0.3 is 9.30 Å². The molecule has 1 aliphatic heterocycles. The van der Waals surface area contributed by atoms with Gasteiger partial charge in [0.15, 0.2) is 4.80 Å². The lowest BCUT2D eigenvalue weighted by Crippen LogP contribution is -2.42. The molecule has 1 aliphatic rings. The summed E-state index contributed by atoms with van der Waals surface area (Å²) in [6.45, 7) is 2.79. The molecule has 3 aromatic rings. The summed E-state index contributed by atoms with van der Waals surface area (Å²) in [5.41, 5.74) is 2.04. The summed E-state index contributed by atoms with van der Waals surface area (Å²) in [5.74, 6) is 2.38. The van der Waals surface area contributed by atoms with Crippen molar-refractivity contribution in [2.24, 2.45) is 10.9 Å². The normalized spacial score (nSPS) is 17.7. The zero-order chi connectivity index (χ0) is 23.6. The molecule has 0 aliphatic carbocycles. The average Bonchev–Trinajstić information content (AvgIpc) is 3.15. The number of hydrogen-bond acceptors (Lipinski definition) is 5. The van der Waals surface area contributed by atoms with Gasteiger partial charge in [0.25, 0.3) is 5.91 Å². The summed E-state index contributed by atoms with van der Waals surface area (Å²) >= 11 is 1.41. The average molecular weight is 484 g/mol. The lowest BCUT2D eigenvalue weighted by atomic mass is 9.99. The topological polar surface area (TPSA) is 81.0 Å². The molecule has 33 heavy (non-hydrogen) atoms. The van der Waals surface area contributed by atoms with Crippen LogP contribution in [0.25, 0.3) is 10.2 Å². The van der Waals surface area contributed by atoms with Crippen molar-refractivity contribution in [2.75, 3.05) is 20.2 Å². The van der Waals surface area contributed by atoms with E-state index in [1.807, 2.05) is 29.7 Å². The van der Waals surface area contributed by atoms with Gasteiger partial charge in [-0.25, -0.2) is 8.42 Å². The number of rotatable bonds is 5. The zero-order valence-electron chi connectivity index (χ0n) is 18.5. The number of amides is 1. The van der Waals surface area contributed by atoms with Gasteiger partial charge in [-0.3, -0.25) is 4.79 Å². The molecule has 1 atom stereocenters. The van der Waals surface area contributed by atoms with E-state index in [1.165, 1.54) is 34.9 Å². The van der Waals surface area contributed by atoms with Gasteiger partial charge in [0.2, 0.25) is 10.0 Å². The van der Waals surface area contributed by atoms with E-state index >= 15 is 0 Å². The fourth-order valence-electron chi connectivity index (χ4n) is 3.95. The van der Waals surface area contributed by atoms with Crippen LogP contribution in [0.4, 0.5) is 0 Å². The van der Waals surface area contributed by atoms with E-state index in [0.29, 0.717) is 36.5 Å². The molecule has 2 aromatic carbocycles. The van der Waals surface area contributed by atoms with Crippen LogP contribution in [0.3, 0.4) is 0 Å². The lowest BCUT2D eigenvalue weighted by molar-refractivity contribution is -0.122. The maximum Gasteiger partial charge on any atom is 0.252 e. The summed E-state index contributed by atoms with van der Waals surface area (Å²) < 4.78 is 35.6. The molecule has 1 fully saturated rings. The highest BCUT2D eigenvalue weighted by atomic mass is 32.2. The van der Waals surface area contributed by atoms with Gasteiger partial charge in [-0.15, -0.1) is 6.42 Å². The quantitative estimate of drug-likeness (QED) is 0.522. The Morgan fingerprint density at radius 1 is 1.27 bits per heavy atom.